The summed E-state index contributed by atoms with van der Waals surface area (Å²) in [6.45, 7) is 3.00. The summed E-state index contributed by atoms with van der Waals surface area (Å²) in [5, 5.41) is 0. The number of H-pyrrole nitrogens is 1. The van der Waals surface area contributed by atoms with Crippen molar-refractivity contribution in [2.75, 3.05) is 13.1 Å². The molecule has 1 saturated heterocycles. The fraction of sp³-hybridized carbons (Fsp3) is 0.625. The van der Waals surface area contributed by atoms with Gasteiger partial charge in [0.1, 0.15) is 5.82 Å². The lowest BCUT2D eigenvalue weighted by Crippen LogP contribution is -2.26. The Bertz CT molecular complexity index is 231. The zero-order valence-electron chi connectivity index (χ0n) is 7.03. The molecule has 1 aliphatic heterocycles. The third-order valence-electron chi connectivity index (χ3n) is 2.24. The van der Waals surface area contributed by atoms with Crippen LogP contribution in [0.5, 0.6) is 0 Å². The van der Waals surface area contributed by atoms with Crippen LogP contribution in [0.4, 0.5) is 0 Å². The Hall–Kier alpha value is -0.870. The minimum absolute atomic E-state index is 0.361. The third kappa shape index (κ3) is 1.65. The van der Waals surface area contributed by atoms with Crippen molar-refractivity contribution in [2.24, 2.45) is 5.73 Å². The number of nitrogens with two attached hydrogens (primary N) is 1. The summed E-state index contributed by atoms with van der Waals surface area (Å²) in [4.78, 5) is 9.57. The maximum absolute atomic E-state index is 5.78. The number of imidazole rings is 1. The van der Waals surface area contributed by atoms with Crippen molar-refractivity contribution in [3.8, 4) is 0 Å². The van der Waals surface area contributed by atoms with Gasteiger partial charge in [0.25, 0.3) is 0 Å². The SMILES string of the molecule is NC1CCN(Cc2ncc[nH]2)C1. The second kappa shape index (κ2) is 3.25. The molecule has 0 bridgehead atoms. The van der Waals surface area contributed by atoms with Gasteiger partial charge in [0.15, 0.2) is 0 Å². The summed E-state index contributed by atoms with van der Waals surface area (Å²) in [5.41, 5.74) is 5.78. The lowest BCUT2D eigenvalue weighted by atomic mass is 10.3. The van der Waals surface area contributed by atoms with Crippen LogP contribution in [0.25, 0.3) is 0 Å². The first-order valence-electron chi connectivity index (χ1n) is 4.31. The van der Waals surface area contributed by atoms with Crippen molar-refractivity contribution < 1.29 is 0 Å². The molecule has 1 unspecified atom stereocenters. The third-order valence-corrected chi connectivity index (χ3v) is 2.24. The van der Waals surface area contributed by atoms with E-state index in [1.54, 1.807) is 6.20 Å². The van der Waals surface area contributed by atoms with E-state index in [2.05, 4.69) is 14.9 Å². The molecule has 4 heteroatoms. The van der Waals surface area contributed by atoms with Gasteiger partial charge in [0.2, 0.25) is 0 Å². The number of hydrogen-bond acceptors (Lipinski definition) is 3. The number of nitrogens with zero attached hydrogens (tertiary/aromatic N) is 2. The van der Waals surface area contributed by atoms with E-state index in [9.17, 15) is 0 Å². The highest BCUT2D eigenvalue weighted by atomic mass is 15.2. The Labute approximate surface area is 71.8 Å². The number of nitrogens with one attached hydrogen (secondary N) is 1. The van der Waals surface area contributed by atoms with Crippen molar-refractivity contribution in [1.29, 1.82) is 0 Å². The molecule has 0 saturated carbocycles. The minimum Gasteiger partial charge on any atom is -0.348 e. The van der Waals surface area contributed by atoms with Crippen molar-refractivity contribution in [1.82, 2.24) is 14.9 Å². The van der Waals surface area contributed by atoms with Crippen LogP contribution in [0.2, 0.25) is 0 Å². The zero-order valence-corrected chi connectivity index (χ0v) is 7.03. The van der Waals surface area contributed by atoms with Crippen LogP contribution < -0.4 is 5.73 Å². The van der Waals surface area contributed by atoms with Crippen LogP contribution in [-0.4, -0.2) is 34.0 Å². The fourth-order valence-electron chi connectivity index (χ4n) is 1.60. The van der Waals surface area contributed by atoms with Gasteiger partial charge in [-0.25, -0.2) is 4.98 Å². The van der Waals surface area contributed by atoms with Gasteiger partial charge in [-0.3, -0.25) is 4.90 Å². The summed E-state index contributed by atoms with van der Waals surface area (Å²) >= 11 is 0. The molecular weight excluding hydrogens is 152 g/mol. The van der Waals surface area contributed by atoms with Gasteiger partial charge in [-0.15, -0.1) is 0 Å². The Morgan fingerprint density at radius 1 is 1.75 bits per heavy atom. The lowest BCUT2D eigenvalue weighted by molar-refractivity contribution is 0.319. The minimum atomic E-state index is 0.361. The van der Waals surface area contributed by atoms with Gasteiger partial charge in [-0.05, 0) is 6.42 Å². The molecule has 0 aliphatic carbocycles. The summed E-state index contributed by atoms with van der Waals surface area (Å²) in [7, 11) is 0. The number of likely N-dealkylation sites (tertiary alicyclic amines) is 1. The standard InChI is InChI=1S/C8H14N4/c9-7-1-4-12(5-7)6-8-10-2-3-11-8/h2-3,7H,1,4-6,9H2,(H,10,11). The van der Waals surface area contributed by atoms with Gasteiger partial charge in [0.05, 0.1) is 6.54 Å². The molecule has 0 spiro atoms. The van der Waals surface area contributed by atoms with Gasteiger partial charge >= 0.3 is 0 Å². The summed E-state index contributed by atoms with van der Waals surface area (Å²) in [6.07, 6.45) is 4.75. The first-order valence-corrected chi connectivity index (χ1v) is 4.31. The van der Waals surface area contributed by atoms with Gasteiger partial charge in [0, 0.05) is 31.5 Å². The molecule has 2 rings (SSSR count). The highest BCUT2D eigenvalue weighted by molar-refractivity contribution is 4.89. The lowest BCUT2D eigenvalue weighted by Gasteiger charge is -2.12. The Kier molecular flexibility index (Phi) is 2.10. The average Bonchev–Trinajstić information content (AvgIpc) is 2.63. The van der Waals surface area contributed by atoms with Crippen molar-refractivity contribution in [3.05, 3.63) is 18.2 Å². The van der Waals surface area contributed by atoms with Crippen molar-refractivity contribution in [2.45, 2.75) is 19.0 Å². The molecule has 1 fully saturated rings. The smallest absolute Gasteiger partial charge is 0.120 e. The van der Waals surface area contributed by atoms with Crippen LogP contribution in [0.3, 0.4) is 0 Å². The summed E-state index contributed by atoms with van der Waals surface area (Å²) in [6, 6.07) is 0.361. The summed E-state index contributed by atoms with van der Waals surface area (Å²) in [5.74, 6) is 1.03. The molecule has 1 aliphatic rings. The van der Waals surface area contributed by atoms with Crippen LogP contribution in [0.15, 0.2) is 12.4 Å². The highest BCUT2D eigenvalue weighted by Crippen LogP contribution is 2.09. The van der Waals surface area contributed by atoms with E-state index in [-0.39, 0.29) is 0 Å². The predicted molar refractivity (Wildman–Crippen MR) is 46.5 cm³/mol. The molecule has 1 aromatic heterocycles. The molecule has 1 aromatic rings. The van der Waals surface area contributed by atoms with Crippen LogP contribution in [0.1, 0.15) is 12.2 Å². The number of aromatic nitrogens is 2. The van der Waals surface area contributed by atoms with E-state index >= 15 is 0 Å². The maximum Gasteiger partial charge on any atom is 0.120 e. The molecule has 3 N–H and O–H groups in total. The van der Waals surface area contributed by atoms with E-state index < -0.39 is 0 Å². The first-order chi connectivity index (χ1) is 5.84. The number of rotatable bonds is 2. The average molecular weight is 166 g/mol. The van der Waals surface area contributed by atoms with E-state index in [1.165, 1.54) is 0 Å². The molecule has 0 radical (unpaired) electrons. The number of aromatic amines is 1. The molecule has 12 heavy (non-hydrogen) atoms. The second-order valence-electron chi connectivity index (χ2n) is 3.32. The van der Waals surface area contributed by atoms with E-state index in [0.29, 0.717) is 6.04 Å². The second-order valence-corrected chi connectivity index (χ2v) is 3.32. The summed E-state index contributed by atoms with van der Waals surface area (Å²) < 4.78 is 0. The molecule has 66 valence electrons. The fourth-order valence-corrected chi connectivity index (χ4v) is 1.60. The van der Waals surface area contributed by atoms with E-state index in [4.69, 9.17) is 5.73 Å². The first kappa shape index (κ1) is 7.76. The highest BCUT2D eigenvalue weighted by Gasteiger charge is 2.19. The van der Waals surface area contributed by atoms with Crippen molar-refractivity contribution >= 4 is 0 Å². The molecule has 2 heterocycles. The largest absolute Gasteiger partial charge is 0.348 e. The Morgan fingerprint density at radius 2 is 2.67 bits per heavy atom. The monoisotopic (exact) mass is 166 g/mol. The van der Waals surface area contributed by atoms with Gasteiger partial charge in [-0.1, -0.05) is 0 Å². The van der Waals surface area contributed by atoms with Crippen molar-refractivity contribution in [3.63, 3.8) is 0 Å². The molecule has 1 atom stereocenters. The van der Waals surface area contributed by atoms with Gasteiger partial charge in [-0.2, -0.15) is 0 Å². The Balaban J connectivity index is 1.88. The normalized spacial score (nSPS) is 24.9. The van der Waals surface area contributed by atoms with E-state index in [1.807, 2.05) is 6.20 Å². The maximum atomic E-state index is 5.78. The Morgan fingerprint density at radius 3 is 3.25 bits per heavy atom. The molecule has 0 amide bonds. The molecule has 0 aromatic carbocycles. The van der Waals surface area contributed by atoms with Gasteiger partial charge < -0.3 is 10.7 Å². The predicted octanol–water partition coefficient (Wildman–Crippen LogP) is -0.0573. The zero-order chi connectivity index (χ0) is 8.39. The number of hydrogen-bond donors (Lipinski definition) is 2. The van der Waals surface area contributed by atoms with E-state index in [0.717, 1.165) is 31.9 Å². The molecule has 4 nitrogen and oxygen atoms in total. The topological polar surface area (TPSA) is 57.9 Å². The molecular formula is C8H14N4. The van der Waals surface area contributed by atoms with Crippen LogP contribution >= 0.6 is 0 Å². The van der Waals surface area contributed by atoms with Crippen LogP contribution in [-0.2, 0) is 6.54 Å². The quantitative estimate of drug-likeness (QED) is 0.647. The van der Waals surface area contributed by atoms with Crippen LogP contribution in [0, 0.1) is 0 Å².